The summed E-state index contributed by atoms with van der Waals surface area (Å²) in [4.78, 5) is 20.8. The van der Waals surface area contributed by atoms with Gasteiger partial charge in [-0.3, -0.25) is 9.69 Å². The number of aliphatic hydroxyl groups is 1. The van der Waals surface area contributed by atoms with E-state index in [9.17, 15) is 4.79 Å². The molecule has 0 aliphatic carbocycles. The molecule has 0 aromatic carbocycles. The van der Waals surface area contributed by atoms with Crippen LogP contribution in [0.4, 0.5) is 5.82 Å². The van der Waals surface area contributed by atoms with Crippen LogP contribution in [0.1, 0.15) is 22.5 Å². The van der Waals surface area contributed by atoms with Gasteiger partial charge in [0, 0.05) is 37.4 Å². The Balaban J connectivity index is 2.07. The van der Waals surface area contributed by atoms with Crippen LogP contribution in [-0.4, -0.2) is 65.1 Å². The highest BCUT2D eigenvalue weighted by Crippen LogP contribution is 2.13. The van der Waals surface area contributed by atoms with Gasteiger partial charge in [-0.1, -0.05) is 0 Å². The molecule has 1 aromatic heterocycles. The number of anilines is 1. The number of carbonyl (C=O) groups excluding carboxylic acids is 1. The molecule has 7 nitrogen and oxygen atoms in total. The lowest BCUT2D eigenvalue weighted by Gasteiger charge is -2.22. The molecule has 7 heteroatoms. The molecule has 2 rings (SSSR count). The number of aromatic nitrogens is 1. The van der Waals surface area contributed by atoms with E-state index in [2.05, 4.69) is 15.3 Å². The molecular weight excluding hydrogens is 270 g/mol. The number of hydrogen-bond acceptors (Lipinski definition) is 6. The molecule has 1 fully saturated rings. The number of aryl methyl sites for hydroxylation is 1. The van der Waals surface area contributed by atoms with Gasteiger partial charge in [-0.05, 0) is 32.0 Å². The average Bonchev–Trinajstić information content (AvgIpc) is 2.72. The van der Waals surface area contributed by atoms with Gasteiger partial charge in [0.05, 0.1) is 6.61 Å². The molecule has 1 aromatic rings. The second-order valence-corrected chi connectivity index (χ2v) is 5.24. The Morgan fingerprint density at radius 3 is 2.90 bits per heavy atom. The van der Waals surface area contributed by atoms with Crippen molar-refractivity contribution >= 4 is 11.7 Å². The van der Waals surface area contributed by atoms with Crippen LogP contribution in [-0.2, 0) is 0 Å². The van der Waals surface area contributed by atoms with Crippen molar-refractivity contribution < 1.29 is 9.90 Å². The van der Waals surface area contributed by atoms with Crippen molar-refractivity contribution in [2.75, 3.05) is 44.8 Å². The maximum atomic E-state index is 12.6. The number of aliphatic hydroxyl groups excluding tert-OH is 1. The minimum Gasteiger partial charge on any atom is -0.395 e. The lowest BCUT2D eigenvalue weighted by molar-refractivity contribution is 0.0760. The maximum Gasteiger partial charge on any atom is 0.254 e. The van der Waals surface area contributed by atoms with E-state index in [-0.39, 0.29) is 12.5 Å². The molecule has 1 aliphatic rings. The summed E-state index contributed by atoms with van der Waals surface area (Å²) in [5.41, 5.74) is 3.84. The van der Waals surface area contributed by atoms with E-state index in [0.717, 1.165) is 31.7 Å². The highest BCUT2D eigenvalue weighted by molar-refractivity contribution is 5.95. The number of β-amino-alcohol motifs (C(OH)–C–C–N with tert-alkyl or cyclic N) is 1. The van der Waals surface area contributed by atoms with E-state index in [1.165, 1.54) is 0 Å². The number of nitrogens with one attached hydrogen (secondary N) is 1. The Hall–Kier alpha value is -1.70. The van der Waals surface area contributed by atoms with Gasteiger partial charge in [0.1, 0.15) is 5.82 Å². The Morgan fingerprint density at radius 1 is 1.38 bits per heavy atom. The molecule has 1 aliphatic heterocycles. The first-order chi connectivity index (χ1) is 10.1. The third-order valence-corrected chi connectivity index (χ3v) is 3.64. The van der Waals surface area contributed by atoms with Crippen molar-refractivity contribution in [1.82, 2.24) is 14.8 Å². The van der Waals surface area contributed by atoms with Crippen LogP contribution in [0, 0.1) is 6.92 Å². The number of rotatable bonds is 4. The smallest absolute Gasteiger partial charge is 0.254 e. The molecule has 0 spiro atoms. The van der Waals surface area contributed by atoms with E-state index < -0.39 is 0 Å². The molecule has 0 atom stereocenters. The zero-order valence-electron chi connectivity index (χ0n) is 12.4. The van der Waals surface area contributed by atoms with E-state index in [1.54, 1.807) is 12.1 Å². The molecule has 0 saturated carbocycles. The number of hydrogen-bond donors (Lipinski definition) is 3. The summed E-state index contributed by atoms with van der Waals surface area (Å²) in [6.45, 7) is 5.76. The van der Waals surface area contributed by atoms with Crippen LogP contribution in [0.5, 0.6) is 0 Å². The summed E-state index contributed by atoms with van der Waals surface area (Å²) in [6.07, 6.45) is 0.914. The Labute approximate surface area is 124 Å². The second kappa shape index (κ2) is 7.35. The number of carbonyl (C=O) groups is 1. The van der Waals surface area contributed by atoms with Gasteiger partial charge < -0.3 is 15.4 Å². The SMILES string of the molecule is Cc1cc(C(=O)N2CCCN(CCO)CC2)cc(NN)n1. The molecular formula is C14H23N5O2. The van der Waals surface area contributed by atoms with E-state index in [0.29, 0.717) is 24.5 Å². The van der Waals surface area contributed by atoms with Crippen LogP contribution in [0.25, 0.3) is 0 Å². The molecule has 2 heterocycles. The van der Waals surface area contributed by atoms with Gasteiger partial charge in [0.2, 0.25) is 0 Å². The first kappa shape index (κ1) is 15.7. The van der Waals surface area contributed by atoms with Crippen LogP contribution >= 0.6 is 0 Å². The van der Waals surface area contributed by atoms with Crippen molar-refractivity contribution in [1.29, 1.82) is 0 Å². The lowest BCUT2D eigenvalue weighted by Crippen LogP contribution is -2.36. The summed E-state index contributed by atoms with van der Waals surface area (Å²) >= 11 is 0. The first-order valence-corrected chi connectivity index (χ1v) is 7.22. The van der Waals surface area contributed by atoms with Gasteiger partial charge in [-0.2, -0.15) is 0 Å². The average molecular weight is 293 g/mol. The largest absolute Gasteiger partial charge is 0.395 e. The van der Waals surface area contributed by atoms with Gasteiger partial charge >= 0.3 is 0 Å². The van der Waals surface area contributed by atoms with Crippen molar-refractivity contribution in [3.05, 3.63) is 23.4 Å². The zero-order valence-corrected chi connectivity index (χ0v) is 12.4. The van der Waals surface area contributed by atoms with E-state index in [4.69, 9.17) is 10.9 Å². The number of amides is 1. The Morgan fingerprint density at radius 2 is 2.19 bits per heavy atom. The molecule has 1 amide bonds. The molecule has 4 N–H and O–H groups in total. The van der Waals surface area contributed by atoms with Gasteiger partial charge in [-0.15, -0.1) is 0 Å². The lowest BCUT2D eigenvalue weighted by atomic mass is 10.2. The van der Waals surface area contributed by atoms with Crippen molar-refractivity contribution in [3.8, 4) is 0 Å². The highest BCUT2D eigenvalue weighted by Gasteiger charge is 2.20. The number of nitrogen functional groups attached to an aromatic ring is 1. The monoisotopic (exact) mass is 293 g/mol. The third kappa shape index (κ3) is 4.13. The quantitative estimate of drug-likeness (QED) is 0.526. The summed E-state index contributed by atoms with van der Waals surface area (Å²) in [5, 5.41) is 9.00. The van der Waals surface area contributed by atoms with Gasteiger partial charge in [0.15, 0.2) is 0 Å². The molecule has 21 heavy (non-hydrogen) atoms. The molecule has 0 unspecified atom stereocenters. The molecule has 0 bridgehead atoms. The van der Waals surface area contributed by atoms with Crippen molar-refractivity contribution in [3.63, 3.8) is 0 Å². The van der Waals surface area contributed by atoms with Crippen molar-refractivity contribution in [2.24, 2.45) is 5.84 Å². The number of nitrogens with zero attached hydrogens (tertiary/aromatic N) is 3. The van der Waals surface area contributed by atoms with E-state index >= 15 is 0 Å². The van der Waals surface area contributed by atoms with Crippen LogP contribution in [0.15, 0.2) is 12.1 Å². The first-order valence-electron chi connectivity index (χ1n) is 7.22. The number of hydrazine groups is 1. The summed E-state index contributed by atoms with van der Waals surface area (Å²) < 4.78 is 0. The van der Waals surface area contributed by atoms with E-state index in [1.807, 2.05) is 11.8 Å². The summed E-state index contributed by atoms with van der Waals surface area (Å²) in [6, 6.07) is 3.45. The number of pyridine rings is 1. The zero-order chi connectivity index (χ0) is 15.2. The fourth-order valence-corrected chi connectivity index (χ4v) is 2.59. The van der Waals surface area contributed by atoms with Crippen molar-refractivity contribution in [2.45, 2.75) is 13.3 Å². The molecule has 116 valence electrons. The van der Waals surface area contributed by atoms with Gasteiger partial charge in [-0.25, -0.2) is 10.8 Å². The number of nitrogens with two attached hydrogens (primary N) is 1. The fraction of sp³-hybridized carbons (Fsp3) is 0.571. The summed E-state index contributed by atoms with van der Waals surface area (Å²) in [5.74, 6) is 5.87. The molecule has 1 saturated heterocycles. The minimum absolute atomic E-state index is 0.00264. The second-order valence-electron chi connectivity index (χ2n) is 5.24. The normalized spacial score (nSPS) is 16.6. The fourth-order valence-electron chi connectivity index (χ4n) is 2.59. The Kier molecular flexibility index (Phi) is 5.49. The predicted octanol–water partition coefficient (Wildman–Crippen LogP) is -0.184. The molecule has 0 radical (unpaired) electrons. The van der Waals surface area contributed by atoms with Crippen LogP contribution in [0.2, 0.25) is 0 Å². The third-order valence-electron chi connectivity index (χ3n) is 3.64. The minimum atomic E-state index is 0.00264. The maximum absolute atomic E-state index is 12.6. The van der Waals surface area contributed by atoms with Crippen LogP contribution < -0.4 is 11.3 Å². The predicted molar refractivity (Wildman–Crippen MR) is 80.8 cm³/mol. The summed E-state index contributed by atoms with van der Waals surface area (Å²) in [7, 11) is 0. The van der Waals surface area contributed by atoms with Gasteiger partial charge in [0.25, 0.3) is 5.91 Å². The van der Waals surface area contributed by atoms with Crippen LogP contribution in [0.3, 0.4) is 0 Å². The standard InChI is InChI=1S/C14H23N5O2/c1-11-9-12(10-13(16-11)17-15)14(21)19-4-2-3-18(5-6-19)7-8-20/h9-10,20H,2-8,15H2,1H3,(H,16,17). The topological polar surface area (TPSA) is 94.7 Å². The highest BCUT2D eigenvalue weighted by atomic mass is 16.3. The Bertz CT molecular complexity index is 494.